The average molecular weight is 252 g/mol. The number of benzene rings is 1. The van der Waals surface area contributed by atoms with E-state index in [4.69, 9.17) is 5.11 Å². The van der Waals surface area contributed by atoms with E-state index < -0.39 is 17.9 Å². The zero-order valence-electron chi connectivity index (χ0n) is 10.1. The molecule has 1 rings (SSSR count). The van der Waals surface area contributed by atoms with Crippen LogP contribution in [0.5, 0.6) is 5.75 Å². The van der Waals surface area contributed by atoms with Gasteiger partial charge in [-0.05, 0) is 37.0 Å². The minimum atomic E-state index is -1.01. The van der Waals surface area contributed by atoms with Gasteiger partial charge in [0.1, 0.15) is 5.75 Å². The van der Waals surface area contributed by atoms with E-state index in [9.17, 15) is 19.8 Å². The summed E-state index contributed by atoms with van der Waals surface area (Å²) in [4.78, 5) is 21.6. The quantitative estimate of drug-likeness (QED) is 0.720. The maximum absolute atomic E-state index is 11.2. The summed E-state index contributed by atoms with van der Waals surface area (Å²) in [5, 5.41) is 27.3. The SMILES string of the molecule is Cc1c(O)cccc1C(CCCC(=O)O)C(=O)O. The lowest BCUT2D eigenvalue weighted by molar-refractivity contribution is -0.140. The van der Waals surface area contributed by atoms with Gasteiger partial charge >= 0.3 is 11.9 Å². The van der Waals surface area contributed by atoms with Gasteiger partial charge in [0, 0.05) is 6.42 Å². The topological polar surface area (TPSA) is 94.8 Å². The normalized spacial score (nSPS) is 12.1. The van der Waals surface area contributed by atoms with Crippen molar-refractivity contribution >= 4 is 11.9 Å². The molecule has 5 heteroatoms. The zero-order chi connectivity index (χ0) is 13.7. The first kappa shape index (κ1) is 14.0. The molecule has 18 heavy (non-hydrogen) atoms. The Hall–Kier alpha value is -2.04. The number of phenols is 1. The number of carboxylic acid groups (broad SMARTS) is 2. The molecule has 98 valence electrons. The van der Waals surface area contributed by atoms with Gasteiger partial charge in [-0.3, -0.25) is 9.59 Å². The van der Waals surface area contributed by atoms with Crippen molar-refractivity contribution in [3.8, 4) is 5.75 Å². The number of rotatable bonds is 6. The van der Waals surface area contributed by atoms with E-state index in [0.29, 0.717) is 17.5 Å². The van der Waals surface area contributed by atoms with Gasteiger partial charge < -0.3 is 15.3 Å². The van der Waals surface area contributed by atoms with Crippen LogP contribution in [-0.4, -0.2) is 27.3 Å². The Kier molecular flexibility index (Phi) is 4.71. The molecule has 0 aliphatic heterocycles. The second-order valence-corrected chi connectivity index (χ2v) is 4.17. The minimum absolute atomic E-state index is 0.0528. The highest BCUT2D eigenvalue weighted by Gasteiger charge is 2.22. The van der Waals surface area contributed by atoms with Crippen molar-refractivity contribution in [3.05, 3.63) is 29.3 Å². The third kappa shape index (κ3) is 3.48. The summed E-state index contributed by atoms with van der Waals surface area (Å²) >= 11 is 0. The molecule has 0 saturated carbocycles. The smallest absolute Gasteiger partial charge is 0.310 e. The lowest BCUT2D eigenvalue weighted by Gasteiger charge is -2.15. The standard InChI is InChI=1S/C13H16O5/c1-8-9(4-2-6-11(8)14)10(13(17)18)5-3-7-12(15)16/h2,4,6,10,14H,3,5,7H2,1H3,(H,15,16)(H,17,18). The molecule has 0 amide bonds. The number of phenolic OH excluding ortho intramolecular Hbond substituents is 1. The first-order valence-corrected chi connectivity index (χ1v) is 5.66. The summed E-state index contributed by atoms with van der Waals surface area (Å²) in [5.41, 5.74) is 1.06. The van der Waals surface area contributed by atoms with Crippen molar-refractivity contribution in [1.82, 2.24) is 0 Å². The van der Waals surface area contributed by atoms with Crippen molar-refractivity contribution in [2.24, 2.45) is 0 Å². The van der Waals surface area contributed by atoms with Gasteiger partial charge in [-0.1, -0.05) is 12.1 Å². The lowest BCUT2D eigenvalue weighted by atomic mass is 9.90. The summed E-state index contributed by atoms with van der Waals surface area (Å²) < 4.78 is 0. The van der Waals surface area contributed by atoms with Crippen LogP contribution in [0.25, 0.3) is 0 Å². The van der Waals surface area contributed by atoms with Gasteiger partial charge in [-0.2, -0.15) is 0 Å². The van der Waals surface area contributed by atoms with Crippen LogP contribution in [0.1, 0.15) is 36.3 Å². The summed E-state index contributed by atoms with van der Waals surface area (Å²) in [5.74, 6) is -2.67. The molecule has 5 nitrogen and oxygen atoms in total. The molecule has 0 aliphatic carbocycles. The monoisotopic (exact) mass is 252 g/mol. The summed E-state index contributed by atoms with van der Waals surface area (Å²) in [6.45, 7) is 1.65. The molecule has 0 spiro atoms. The molecule has 1 unspecified atom stereocenters. The van der Waals surface area contributed by atoms with E-state index in [0.717, 1.165) is 0 Å². The Morgan fingerprint density at radius 2 is 1.94 bits per heavy atom. The molecular formula is C13H16O5. The summed E-state index contributed by atoms with van der Waals surface area (Å²) in [6.07, 6.45) is 0.481. The van der Waals surface area contributed by atoms with Crippen molar-refractivity contribution < 1.29 is 24.9 Å². The molecule has 1 aromatic rings. The predicted molar refractivity (Wildman–Crippen MR) is 64.7 cm³/mol. The van der Waals surface area contributed by atoms with Gasteiger partial charge in [-0.15, -0.1) is 0 Å². The number of hydrogen-bond donors (Lipinski definition) is 3. The second kappa shape index (κ2) is 6.05. The Balaban J connectivity index is 2.88. The number of carbonyl (C=O) groups is 2. The van der Waals surface area contributed by atoms with Crippen LogP contribution in [0.15, 0.2) is 18.2 Å². The Morgan fingerprint density at radius 3 is 2.50 bits per heavy atom. The van der Waals surface area contributed by atoms with Gasteiger partial charge in [0.15, 0.2) is 0 Å². The molecule has 0 radical (unpaired) electrons. The van der Waals surface area contributed by atoms with E-state index in [2.05, 4.69) is 0 Å². The molecule has 1 atom stereocenters. The Labute approximate surface area is 105 Å². The van der Waals surface area contributed by atoms with Crippen LogP contribution in [0.3, 0.4) is 0 Å². The van der Waals surface area contributed by atoms with Crippen molar-refractivity contribution in [3.63, 3.8) is 0 Å². The summed E-state index contributed by atoms with van der Waals surface area (Å²) in [6, 6.07) is 4.73. The highest BCUT2D eigenvalue weighted by atomic mass is 16.4. The van der Waals surface area contributed by atoms with Crippen molar-refractivity contribution in [2.75, 3.05) is 0 Å². The van der Waals surface area contributed by atoms with E-state index in [-0.39, 0.29) is 18.6 Å². The van der Waals surface area contributed by atoms with E-state index in [1.807, 2.05) is 0 Å². The van der Waals surface area contributed by atoms with Gasteiger partial charge in [0.2, 0.25) is 0 Å². The van der Waals surface area contributed by atoms with Gasteiger partial charge in [-0.25, -0.2) is 0 Å². The largest absolute Gasteiger partial charge is 0.508 e. The zero-order valence-corrected chi connectivity index (χ0v) is 10.1. The maximum Gasteiger partial charge on any atom is 0.310 e. The Morgan fingerprint density at radius 1 is 1.28 bits per heavy atom. The molecule has 0 aromatic heterocycles. The fourth-order valence-electron chi connectivity index (χ4n) is 1.89. The predicted octanol–water partition coefficient (Wildman–Crippen LogP) is 2.12. The Bertz CT molecular complexity index is 453. The fraction of sp³-hybridized carbons (Fsp3) is 0.385. The average Bonchev–Trinajstić information content (AvgIpc) is 2.28. The number of hydrogen-bond acceptors (Lipinski definition) is 3. The third-order valence-corrected chi connectivity index (χ3v) is 2.90. The number of carboxylic acids is 2. The fourth-order valence-corrected chi connectivity index (χ4v) is 1.89. The van der Waals surface area contributed by atoms with E-state index in [1.54, 1.807) is 19.1 Å². The molecule has 0 bridgehead atoms. The number of aromatic hydroxyl groups is 1. The van der Waals surface area contributed by atoms with Crippen LogP contribution < -0.4 is 0 Å². The minimum Gasteiger partial charge on any atom is -0.508 e. The van der Waals surface area contributed by atoms with Crippen molar-refractivity contribution in [1.29, 1.82) is 0 Å². The van der Waals surface area contributed by atoms with Gasteiger partial charge in [0.05, 0.1) is 5.92 Å². The van der Waals surface area contributed by atoms with Crippen LogP contribution in [-0.2, 0) is 9.59 Å². The van der Waals surface area contributed by atoms with Gasteiger partial charge in [0.25, 0.3) is 0 Å². The second-order valence-electron chi connectivity index (χ2n) is 4.17. The molecule has 0 saturated heterocycles. The van der Waals surface area contributed by atoms with Crippen LogP contribution in [0, 0.1) is 6.92 Å². The van der Waals surface area contributed by atoms with Crippen LogP contribution >= 0.6 is 0 Å². The number of aliphatic carboxylic acids is 2. The maximum atomic E-state index is 11.2. The van der Waals surface area contributed by atoms with Crippen LogP contribution in [0.2, 0.25) is 0 Å². The highest BCUT2D eigenvalue weighted by Crippen LogP contribution is 2.29. The highest BCUT2D eigenvalue weighted by molar-refractivity contribution is 5.77. The molecule has 3 N–H and O–H groups in total. The summed E-state index contributed by atoms with van der Waals surface area (Å²) in [7, 11) is 0. The molecule has 1 aromatic carbocycles. The molecule has 0 aliphatic rings. The van der Waals surface area contributed by atoms with E-state index >= 15 is 0 Å². The first-order valence-electron chi connectivity index (χ1n) is 5.66. The van der Waals surface area contributed by atoms with Crippen LogP contribution in [0.4, 0.5) is 0 Å². The lowest BCUT2D eigenvalue weighted by Crippen LogP contribution is -2.13. The van der Waals surface area contributed by atoms with E-state index in [1.165, 1.54) is 6.07 Å². The first-order chi connectivity index (χ1) is 8.43. The van der Waals surface area contributed by atoms with Crippen molar-refractivity contribution in [2.45, 2.75) is 32.1 Å². The molecular weight excluding hydrogens is 236 g/mol. The molecule has 0 heterocycles. The third-order valence-electron chi connectivity index (χ3n) is 2.90. The molecule has 0 fully saturated rings.